The number of aliphatic hydroxyl groups excluding tert-OH is 1. The van der Waals surface area contributed by atoms with Crippen LogP contribution in [0.3, 0.4) is 0 Å². The van der Waals surface area contributed by atoms with Crippen LogP contribution in [0.5, 0.6) is 17.2 Å². The molecule has 0 radical (unpaired) electrons. The summed E-state index contributed by atoms with van der Waals surface area (Å²) in [4.78, 5) is 29.6. The first-order valence-electron chi connectivity index (χ1n) is 10.9. The van der Waals surface area contributed by atoms with Crippen LogP contribution in [0.4, 0.5) is 0 Å². The van der Waals surface area contributed by atoms with Crippen molar-refractivity contribution in [3.05, 3.63) is 71.8 Å². The van der Waals surface area contributed by atoms with Crippen molar-refractivity contribution in [2.45, 2.75) is 12.5 Å². The number of ether oxygens (including phenoxy) is 2. The third-order valence-electron chi connectivity index (χ3n) is 5.57. The van der Waals surface area contributed by atoms with Crippen LogP contribution in [0.15, 0.2) is 60.7 Å². The van der Waals surface area contributed by atoms with Crippen LogP contribution in [0.1, 0.15) is 23.6 Å². The van der Waals surface area contributed by atoms with Crippen molar-refractivity contribution in [1.82, 2.24) is 9.80 Å². The van der Waals surface area contributed by atoms with Crippen molar-refractivity contribution in [3.63, 3.8) is 0 Å². The molecule has 34 heavy (non-hydrogen) atoms. The lowest BCUT2D eigenvalue weighted by Gasteiger charge is -2.26. The molecule has 1 amide bonds. The summed E-state index contributed by atoms with van der Waals surface area (Å²) >= 11 is 0. The summed E-state index contributed by atoms with van der Waals surface area (Å²) in [5.74, 6) is -1.18. The standard InChI is InChI=1S/C26H30N2O6/c1-5-15-34-18-9-7-17(8-10-18)23-22(24(30)20-12-11-19(33-4)16-21(20)29)25(31)26(32)28(23)14-6-13-27(2)3/h5,7-12,16,23,29-30H,1,6,13-15H2,2-4H3/t23-/m1/s1. The number of aliphatic hydroxyl groups is 1. The summed E-state index contributed by atoms with van der Waals surface area (Å²) in [6.07, 6.45) is 2.28. The van der Waals surface area contributed by atoms with E-state index in [-0.39, 0.29) is 16.9 Å². The normalized spacial score (nSPS) is 17.3. The highest BCUT2D eigenvalue weighted by atomic mass is 16.5. The molecule has 0 bridgehead atoms. The number of methoxy groups -OCH3 is 1. The molecular weight excluding hydrogens is 436 g/mol. The average molecular weight is 467 g/mol. The van der Waals surface area contributed by atoms with E-state index in [1.165, 1.54) is 24.1 Å². The SMILES string of the molecule is C=CCOc1ccc([C@@H]2C(=C(O)c3ccc(OC)cc3O)C(=O)C(=O)N2CCCN(C)C)cc1. The van der Waals surface area contributed by atoms with E-state index in [2.05, 4.69) is 6.58 Å². The second-order valence-corrected chi connectivity index (χ2v) is 8.20. The van der Waals surface area contributed by atoms with Gasteiger partial charge in [0, 0.05) is 12.6 Å². The minimum Gasteiger partial charge on any atom is -0.507 e. The quantitative estimate of drug-likeness (QED) is 0.240. The van der Waals surface area contributed by atoms with Gasteiger partial charge in [0.1, 0.15) is 29.6 Å². The zero-order chi connectivity index (χ0) is 24.8. The Morgan fingerprint density at radius 1 is 1.15 bits per heavy atom. The van der Waals surface area contributed by atoms with Crippen molar-refractivity contribution >= 4 is 17.4 Å². The fourth-order valence-corrected chi connectivity index (χ4v) is 3.90. The zero-order valence-electron chi connectivity index (χ0n) is 19.7. The number of Topliss-reactive ketones (excluding diaryl/α,β-unsaturated/α-hetero) is 1. The lowest BCUT2D eigenvalue weighted by atomic mass is 9.95. The molecule has 1 heterocycles. The third-order valence-corrected chi connectivity index (χ3v) is 5.57. The fraction of sp³-hybridized carbons (Fsp3) is 0.308. The number of phenolic OH excluding ortho intramolecular Hbond substituents is 1. The topological polar surface area (TPSA) is 99.5 Å². The summed E-state index contributed by atoms with van der Waals surface area (Å²) in [5.41, 5.74) is 0.614. The van der Waals surface area contributed by atoms with E-state index in [0.717, 1.165) is 6.54 Å². The molecular formula is C26H30N2O6. The van der Waals surface area contributed by atoms with Gasteiger partial charge in [-0.1, -0.05) is 24.8 Å². The Balaban J connectivity index is 2.08. The minimum atomic E-state index is -0.808. The molecule has 180 valence electrons. The number of phenols is 1. The molecule has 0 unspecified atom stereocenters. The predicted octanol–water partition coefficient (Wildman–Crippen LogP) is 3.34. The van der Waals surface area contributed by atoms with Crippen molar-refractivity contribution < 1.29 is 29.3 Å². The third kappa shape index (κ3) is 5.23. The highest BCUT2D eigenvalue weighted by Crippen LogP contribution is 2.41. The van der Waals surface area contributed by atoms with Gasteiger partial charge in [-0.2, -0.15) is 0 Å². The van der Waals surface area contributed by atoms with Crippen LogP contribution < -0.4 is 9.47 Å². The molecule has 2 N–H and O–H groups in total. The lowest BCUT2D eigenvalue weighted by molar-refractivity contribution is -0.139. The number of hydrogen-bond acceptors (Lipinski definition) is 7. The fourth-order valence-electron chi connectivity index (χ4n) is 3.90. The molecule has 3 rings (SSSR count). The average Bonchev–Trinajstić information content (AvgIpc) is 3.07. The number of nitrogens with zero attached hydrogens (tertiary/aromatic N) is 2. The molecule has 0 aliphatic carbocycles. The summed E-state index contributed by atoms with van der Waals surface area (Å²) in [6, 6.07) is 10.5. The van der Waals surface area contributed by atoms with Gasteiger partial charge in [0.05, 0.1) is 24.3 Å². The van der Waals surface area contributed by atoms with Crippen molar-refractivity contribution in [1.29, 1.82) is 0 Å². The summed E-state index contributed by atoms with van der Waals surface area (Å²) < 4.78 is 10.6. The maximum absolute atomic E-state index is 13.1. The first kappa shape index (κ1) is 24.9. The van der Waals surface area contributed by atoms with E-state index < -0.39 is 23.5 Å². The zero-order valence-corrected chi connectivity index (χ0v) is 19.7. The Hall–Kier alpha value is -3.78. The molecule has 1 atom stereocenters. The number of amides is 1. The monoisotopic (exact) mass is 466 g/mol. The van der Waals surface area contributed by atoms with Crippen LogP contribution >= 0.6 is 0 Å². The van der Waals surface area contributed by atoms with E-state index in [1.807, 2.05) is 19.0 Å². The van der Waals surface area contributed by atoms with Gasteiger partial charge in [-0.15, -0.1) is 0 Å². The second-order valence-electron chi connectivity index (χ2n) is 8.20. The van der Waals surface area contributed by atoms with Crippen LogP contribution in [0.2, 0.25) is 0 Å². The molecule has 8 heteroatoms. The number of benzene rings is 2. The highest BCUT2D eigenvalue weighted by molar-refractivity contribution is 6.46. The maximum Gasteiger partial charge on any atom is 0.295 e. The van der Waals surface area contributed by atoms with Crippen molar-refractivity contribution in [3.8, 4) is 17.2 Å². The van der Waals surface area contributed by atoms with E-state index >= 15 is 0 Å². The number of ketones is 1. The van der Waals surface area contributed by atoms with Crippen LogP contribution in [-0.2, 0) is 9.59 Å². The van der Waals surface area contributed by atoms with Crippen molar-refractivity contribution in [2.24, 2.45) is 0 Å². The first-order valence-corrected chi connectivity index (χ1v) is 10.9. The van der Waals surface area contributed by atoms with Crippen LogP contribution in [0.25, 0.3) is 5.76 Å². The van der Waals surface area contributed by atoms with E-state index in [0.29, 0.717) is 36.6 Å². The number of rotatable bonds is 10. The maximum atomic E-state index is 13.1. The van der Waals surface area contributed by atoms with Gasteiger partial charge in [-0.3, -0.25) is 9.59 Å². The molecule has 0 saturated carbocycles. The van der Waals surface area contributed by atoms with Gasteiger partial charge >= 0.3 is 0 Å². The Morgan fingerprint density at radius 3 is 2.41 bits per heavy atom. The molecule has 1 aliphatic rings. The molecule has 1 aliphatic heterocycles. The Labute approximate surface area is 199 Å². The molecule has 1 saturated heterocycles. The molecule has 2 aromatic rings. The van der Waals surface area contributed by atoms with Crippen LogP contribution in [0, 0.1) is 0 Å². The number of carbonyl (C=O) groups excluding carboxylic acids is 2. The van der Waals surface area contributed by atoms with Gasteiger partial charge in [0.2, 0.25) is 0 Å². The Bertz CT molecular complexity index is 1090. The molecule has 8 nitrogen and oxygen atoms in total. The largest absolute Gasteiger partial charge is 0.507 e. The lowest BCUT2D eigenvalue weighted by Crippen LogP contribution is -2.32. The van der Waals surface area contributed by atoms with Crippen molar-refractivity contribution in [2.75, 3.05) is 40.9 Å². The summed E-state index contributed by atoms with van der Waals surface area (Å²) in [7, 11) is 5.32. The number of hydrogen-bond donors (Lipinski definition) is 2. The number of likely N-dealkylation sites (tertiary alicyclic amines) is 1. The molecule has 2 aromatic carbocycles. The molecule has 0 aromatic heterocycles. The smallest absolute Gasteiger partial charge is 0.295 e. The predicted molar refractivity (Wildman–Crippen MR) is 129 cm³/mol. The molecule has 1 fully saturated rings. The minimum absolute atomic E-state index is 0.0445. The van der Waals surface area contributed by atoms with E-state index in [1.54, 1.807) is 36.4 Å². The number of aromatic hydroxyl groups is 1. The first-order chi connectivity index (χ1) is 16.3. The molecule has 0 spiro atoms. The van der Waals surface area contributed by atoms with Gasteiger partial charge in [-0.25, -0.2) is 0 Å². The van der Waals surface area contributed by atoms with Crippen LogP contribution in [-0.4, -0.2) is 72.6 Å². The van der Waals surface area contributed by atoms with E-state index in [9.17, 15) is 19.8 Å². The highest BCUT2D eigenvalue weighted by Gasteiger charge is 2.46. The van der Waals surface area contributed by atoms with E-state index in [4.69, 9.17) is 9.47 Å². The second kappa shape index (κ2) is 10.9. The van der Waals surface area contributed by atoms with Gasteiger partial charge in [0.15, 0.2) is 0 Å². The number of carbonyl (C=O) groups is 2. The van der Waals surface area contributed by atoms with Gasteiger partial charge < -0.3 is 29.5 Å². The summed E-state index contributed by atoms with van der Waals surface area (Å²) in [5, 5.41) is 21.6. The summed E-state index contributed by atoms with van der Waals surface area (Å²) in [6.45, 7) is 5.03. The van der Waals surface area contributed by atoms with Gasteiger partial charge in [0.25, 0.3) is 11.7 Å². The Morgan fingerprint density at radius 2 is 1.82 bits per heavy atom. The Kier molecular flexibility index (Phi) is 7.96. The van der Waals surface area contributed by atoms with Gasteiger partial charge in [-0.05, 0) is 56.9 Å².